The van der Waals surface area contributed by atoms with Crippen LogP contribution in [0.5, 0.6) is 0 Å². The van der Waals surface area contributed by atoms with Crippen LogP contribution < -0.4 is 15.5 Å². The van der Waals surface area contributed by atoms with Gasteiger partial charge in [0, 0.05) is 60.7 Å². The van der Waals surface area contributed by atoms with Gasteiger partial charge in [0.1, 0.15) is 5.82 Å². The van der Waals surface area contributed by atoms with Gasteiger partial charge in [-0.2, -0.15) is 0 Å². The monoisotopic (exact) mass is 541 g/mol. The van der Waals surface area contributed by atoms with Crippen molar-refractivity contribution >= 4 is 46.6 Å². The standard InChI is InChI=1S/C22H31N5OS.HI/c1-18-7-6-10-21(25-18)27-14-11-20(12-15-27)26-22(23-2)24-13-16-29(28)17-19-8-4-3-5-9-19;/h3-10,20H,11-17H2,1-2H3,(H2,23,24,26);1H. The van der Waals surface area contributed by atoms with E-state index < -0.39 is 10.8 Å². The van der Waals surface area contributed by atoms with Crippen molar-refractivity contribution in [3.8, 4) is 0 Å². The van der Waals surface area contributed by atoms with Gasteiger partial charge in [0.25, 0.3) is 0 Å². The van der Waals surface area contributed by atoms with Crippen molar-refractivity contribution in [3.05, 3.63) is 59.8 Å². The molecule has 0 spiro atoms. The van der Waals surface area contributed by atoms with Gasteiger partial charge in [-0.3, -0.25) is 9.20 Å². The lowest BCUT2D eigenvalue weighted by molar-refractivity contribution is 0.460. The molecule has 30 heavy (non-hydrogen) atoms. The minimum Gasteiger partial charge on any atom is -0.356 e. The Morgan fingerprint density at radius 1 is 1.17 bits per heavy atom. The van der Waals surface area contributed by atoms with Gasteiger partial charge in [0.05, 0.1) is 0 Å². The summed E-state index contributed by atoms with van der Waals surface area (Å²) in [6, 6.07) is 16.5. The molecule has 8 heteroatoms. The number of nitrogens with zero attached hydrogens (tertiary/aromatic N) is 3. The highest BCUT2D eigenvalue weighted by Crippen LogP contribution is 2.18. The normalized spacial score (nSPS) is 15.9. The Morgan fingerprint density at radius 3 is 2.57 bits per heavy atom. The second-order valence-electron chi connectivity index (χ2n) is 7.32. The molecule has 1 fully saturated rings. The summed E-state index contributed by atoms with van der Waals surface area (Å²) < 4.78 is 12.3. The number of piperidine rings is 1. The van der Waals surface area contributed by atoms with Crippen LogP contribution in [0.3, 0.4) is 0 Å². The van der Waals surface area contributed by atoms with Gasteiger partial charge < -0.3 is 15.5 Å². The van der Waals surface area contributed by atoms with Crippen molar-refractivity contribution in [2.24, 2.45) is 4.99 Å². The van der Waals surface area contributed by atoms with Crippen molar-refractivity contribution in [1.29, 1.82) is 0 Å². The maximum Gasteiger partial charge on any atom is 0.191 e. The van der Waals surface area contributed by atoms with Crippen LogP contribution in [0.1, 0.15) is 24.1 Å². The third kappa shape index (κ3) is 7.86. The van der Waals surface area contributed by atoms with E-state index in [0.29, 0.717) is 24.1 Å². The number of hydrogen-bond donors (Lipinski definition) is 2. The summed E-state index contributed by atoms with van der Waals surface area (Å²) in [4.78, 5) is 11.3. The SMILES string of the molecule is CN=C(NCCS(=O)Cc1ccccc1)NC1CCN(c2cccc(C)n2)CC1.I. The van der Waals surface area contributed by atoms with Crippen molar-refractivity contribution in [2.75, 3.05) is 37.3 Å². The highest BCUT2D eigenvalue weighted by atomic mass is 127. The molecular weight excluding hydrogens is 509 g/mol. The quantitative estimate of drug-likeness (QED) is 0.321. The number of aromatic nitrogens is 1. The molecule has 0 radical (unpaired) electrons. The maximum atomic E-state index is 12.3. The molecule has 6 nitrogen and oxygen atoms in total. The van der Waals surface area contributed by atoms with Crippen LogP contribution in [0, 0.1) is 6.92 Å². The van der Waals surface area contributed by atoms with E-state index >= 15 is 0 Å². The van der Waals surface area contributed by atoms with E-state index in [4.69, 9.17) is 0 Å². The molecule has 0 bridgehead atoms. The zero-order valence-corrected chi connectivity index (χ0v) is 20.9. The van der Waals surface area contributed by atoms with E-state index in [9.17, 15) is 4.21 Å². The molecule has 1 aromatic carbocycles. The van der Waals surface area contributed by atoms with Crippen LogP contribution in [0.25, 0.3) is 0 Å². The van der Waals surface area contributed by atoms with Gasteiger partial charge >= 0.3 is 0 Å². The van der Waals surface area contributed by atoms with Gasteiger partial charge in [-0.05, 0) is 37.5 Å². The van der Waals surface area contributed by atoms with E-state index in [2.05, 4.69) is 37.6 Å². The number of hydrogen-bond acceptors (Lipinski definition) is 4. The van der Waals surface area contributed by atoms with Gasteiger partial charge in [0.15, 0.2) is 5.96 Å². The first-order valence-electron chi connectivity index (χ1n) is 10.2. The number of aliphatic imine (C=N–C) groups is 1. The van der Waals surface area contributed by atoms with E-state index in [1.165, 1.54) is 0 Å². The Labute approximate surface area is 199 Å². The van der Waals surface area contributed by atoms with Crippen LogP contribution >= 0.6 is 24.0 Å². The zero-order valence-electron chi connectivity index (χ0n) is 17.7. The van der Waals surface area contributed by atoms with Crippen LogP contribution in [0.15, 0.2) is 53.5 Å². The van der Waals surface area contributed by atoms with E-state index in [-0.39, 0.29) is 24.0 Å². The number of halogens is 1. The topological polar surface area (TPSA) is 69.6 Å². The molecule has 164 valence electrons. The smallest absolute Gasteiger partial charge is 0.191 e. The Balaban J connectivity index is 0.00000320. The first-order valence-corrected chi connectivity index (χ1v) is 11.7. The second kappa shape index (κ2) is 12.9. The molecular formula is C22H32IN5OS. The van der Waals surface area contributed by atoms with E-state index in [1.54, 1.807) is 7.05 Å². The number of aryl methyl sites for hydroxylation is 1. The number of nitrogens with one attached hydrogen (secondary N) is 2. The number of anilines is 1. The Morgan fingerprint density at radius 2 is 1.90 bits per heavy atom. The van der Waals surface area contributed by atoms with Crippen LogP contribution in [-0.2, 0) is 16.6 Å². The lowest BCUT2D eigenvalue weighted by Gasteiger charge is -2.34. The van der Waals surface area contributed by atoms with Crippen LogP contribution in [0.2, 0.25) is 0 Å². The second-order valence-corrected chi connectivity index (χ2v) is 8.89. The van der Waals surface area contributed by atoms with Crippen molar-refractivity contribution in [1.82, 2.24) is 15.6 Å². The molecule has 2 heterocycles. The lowest BCUT2D eigenvalue weighted by atomic mass is 10.1. The summed E-state index contributed by atoms with van der Waals surface area (Å²) in [5.74, 6) is 3.05. The van der Waals surface area contributed by atoms with Gasteiger partial charge in [-0.15, -0.1) is 24.0 Å². The summed E-state index contributed by atoms with van der Waals surface area (Å²) in [5, 5.41) is 6.81. The third-order valence-corrected chi connectivity index (χ3v) is 6.36. The van der Waals surface area contributed by atoms with Crippen molar-refractivity contribution < 1.29 is 4.21 Å². The highest BCUT2D eigenvalue weighted by Gasteiger charge is 2.21. The number of rotatable bonds is 7. The molecule has 0 amide bonds. The first kappa shape index (κ1) is 24.6. The average Bonchev–Trinajstić information content (AvgIpc) is 2.74. The molecule has 1 aliphatic rings. The minimum atomic E-state index is -0.883. The van der Waals surface area contributed by atoms with Crippen LogP contribution in [-0.4, -0.2) is 53.6 Å². The molecule has 1 aromatic heterocycles. The lowest BCUT2D eigenvalue weighted by Crippen LogP contribution is -2.49. The third-order valence-electron chi connectivity index (χ3n) is 5.05. The van der Waals surface area contributed by atoms with Crippen molar-refractivity contribution in [3.63, 3.8) is 0 Å². The number of guanidine groups is 1. The van der Waals surface area contributed by atoms with Gasteiger partial charge in [-0.1, -0.05) is 36.4 Å². The van der Waals surface area contributed by atoms with E-state index in [1.807, 2.05) is 43.3 Å². The van der Waals surface area contributed by atoms with Crippen LogP contribution in [0.4, 0.5) is 5.82 Å². The molecule has 1 saturated heterocycles. The van der Waals surface area contributed by atoms with Gasteiger partial charge in [-0.25, -0.2) is 4.98 Å². The van der Waals surface area contributed by atoms with Crippen molar-refractivity contribution in [2.45, 2.75) is 31.6 Å². The molecule has 1 unspecified atom stereocenters. The predicted molar refractivity (Wildman–Crippen MR) is 137 cm³/mol. The molecule has 0 saturated carbocycles. The minimum absolute atomic E-state index is 0. The maximum absolute atomic E-state index is 12.3. The fourth-order valence-corrected chi connectivity index (χ4v) is 4.50. The molecule has 0 aliphatic carbocycles. The summed E-state index contributed by atoms with van der Waals surface area (Å²) in [6.45, 7) is 4.63. The summed E-state index contributed by atoms with van der Waals surface area (Å²) in [7, 11) is 0.897. The Hall–Kier alpha value is -1.68. The fraction of sp³-hybridized carbons (Fsp3) is 0.455. The molecule has 1 atom stereocenters. The number of benzene rings is 1. The Bertz CT molecular complexity index is 825. The fourth-order valence-electron chi connectivity index (χ4n) is 3.46. The number of pyridine rings is 1. The van der Waals surface area contributed by atoms with Gasteiger partial charge in [0.2, 0.25) is 0 Å². The summed E-state index contributed by atoms with van der Waals surface area (Å²) in [6.07, 6.45) is 2.08. The summed E-state index contributed by atoms with van der Waals surface area (Å²) >= 11 is 0. The average molecular weight is 542 g/mol. The Kier molecular flexibility index (Phi) is 10.6. The van der Waals surface area contributed by atoms with E-state index in [0.717, 1.165) is 49.0 Å². The molecule has 3 rings (SSSR count). The molecule has 2 N–H and O–H groups in total. The highest BCUT2D eigenvalue weighted by molar-refractivity contribution is 14.0. The predicted octanol–water partition coefficient (Wildman–Crippen LogP) is 3.09. The largest absolute Gasteiger partial charge is 0.356 e. The first-order chi connectivity index (χ1) is 14.1. The molecule has 1 aliphatic heterocycles. The summed E-state index contributed by atoms with van der Waals surface area (Å²) in [5.41, 5.74) is 2.17. The molecule has 2 aromatic rings. The zero-order chi connectivity index (χ0) is 20.5.